The number of hydrogen-bond donors (Lipinski definition) is 1. The quantitative estimate of drug-likeness (QED) is 0.850. The van der Waals surface area contributed by atoms with Crippen LogP contribution in [0.3, 0.4) is 0 Å². The molecule has 0 radical (unpaired) electrons. The number of halogens is 3. The third-order valence-corrected chi connectivity index (χ3v) is 2.62. The molecule has 19 heavy (non-hydrogen) atoms. The van der Waals surface area contributed by atoms with Gasteiger partial charge >= 0.3 is 6.18 Å². The first kappa shape index (κ1) is 13.1. The van der Waals surface area contributed by atoms with Crippen molar-refractivity contribution in [2.45, 2.75) is 6.18 Å². The number of nitrogens with one attached hydrogen (secondary N) is 1. The number of benzene rings is 1. The Kier molecular flexibility index (Phi) is 3.25. The summed E-state index contributed by atoms with van der Waals surface area (Å²) in [5.74, 6) is 0. The number of hydrogen-bond acceptors (Lipinski definition) is 2. The van der Waals surface area contributed by atoms with Gasteiger partial charge in [-0.2, -0.15) is 13.2 Å². The van der Waals surface area contributed by atoms with Crippen molar-refractivity contribution in [2.75, 3.05) is 0 Å². The van der Waals surface area contributed by atoms with Gasteiger partial charge < -0.3 is 4.98 Å². The highest BCUT2D eigenvalue weighted by molar-refractivity contribution is 5.86. The molecule has 3 nitrogen and oxygen atoms in total. The van der Waals surface area contributed by atoms with Gasteiger partial charge in [-0.1, -0.05) is 12.1 Å². The summed E-state index contributed by atoms with van der Waals surface area (Å²) in [5.41, 5.74) is -0.882. The molecule has 1 aromatic carbocycles. The van der Waals surface area contributed by atoms with Crippen molar-refractivity contribution in [1.29, 1.82) is 0 Å². The lowest BCUT2D eigenvalue weighted by Gasteiger charge is -2.08. The number of carbonyl (C=O) groups is 1. The van der Waals surface area contributed by atoms with Gasteiger partial charge in [-0.3, -0.25) is 9.59 Å². The molecule has 0 atom stereocenters. The second kappa shape index (κ2) is 4.72. The van der Waals surface area contributed by atoms with Crippen molar-refractivity contribution in [2.24, 2.45) is 0 Å². The van der Waals surface area contributed by atoms with E-state index in [0.717, 1.165) is 12.1 Å². The molecule has 0 saturated heterocycles. The van der Waals surface area contributed by atoms with E-state index in [-0.39, 0.29) is 16.7 Å². The molecule has 0 spiro atoms. The number of H-pyrrole nitrogens is 1. The summed E-state index contributed by atoms with van der Waals surface area (Å²) >= 11 is 0. The van der Waals surface area contributed by atoms with Gasteiger partial charge in [-0.15, -0.1) is 0 Å². The van der Waals surface area contributed by atoms with E-state index in [2.05, 4.69) is 4.98 Å². The molecule has 2 aromatic rings. The van der Waals surface area contributed by atoms with Gasteiger partial charge in [0.1, 0.15) is 0 Å². The fourth-order valence-corrected chi connectivity index (χ4v) is 1.72. The number of alkyl halides is 3. The van der Waals surface area contributed by atoms with Crippen LogP contribution in [0.2, 0.25) is 0 Å². The van der Waals surface area contributed by atoms with Crippen LogP contribution in [0.25, 0.3) is 11.1 Å². The van der Waals surface area contributed by atoms with Gasteiger partial charge in [-0.25, -0.2) is 0 Å². The summed E-state index contributed by atoms with van der Waals surface area (Å²) < 4.78 is 37.3. The number of pyridine rings is 1. The summed E-state index contributed by atoms with van der Waals surface area (Å²) in [5, 5.41) is 0. The van der Waals surface area contributed by atoms with E-state index in [1.807, 2.05) is 0 Å². The molecule has 0 amide bonds. The van der Waals surface area contributed by atoms with E-state index in [0.29, 0.717) is 6.29 Å². The van der Waals surface area contributed by atoms with Crippen molar-refractivity contribution in [3.05, 3.63) is 58.0 Å². The second-order valence-electron chi connectivity index (χ2n) is 3.83. The Morgan fingerprint density at radius 3 is 2.21 bits per heavy atom. The fraction of sp³-hybridized carbons (Fsp3) is 0.0769. The zero-order chi connectivity index (χ0) is 14.0. The van der Waals surface area contributed by atoms with E-state index in [4.69, 9.17) is 0 Å². The highest BCUT2D eigenvalue weighted by Crippen LogP contribution is 2.30. The average Bonchev–Trinajstić information content (AvgIpc) is 2.37. The maximum atomic E-state index is 12.4. The van der Waals surface area contributed by atoms with Gasteiger partial charge in [-0.05, 0) is 23.8 Å². The Bertz CT molecular complexity index is 657. The number of aromatic amines is 1. The summed E-state index contributed by atoms with van der Waals surface area (Å²) in [6.07, 6.45) is -2.64. The van der Waals surface area contributed by atoms with Gasteiger partial charge in [0.2, 0.25) is 0 Å². The largest absolute Gasteiger partial charge is 0.416 e. The molecule has 6 heteroatoms. The van der Waals surface area contributed by atoms with Crippen LogP contribution in [0.4, 0.5) is 13.2 Å². The highest BCUT2D eigenvalue weighted by Gasteiger charge is 2.30. The topological polar surface area (TPSA) is 49.9 Å². The van der Waals surface area contributed by atoms with Crippen molar-refractivity contribution in [1.82, 2.24) is 4.98 Å². The van der Waals surface area contributed by atoms with Gasteiger partial charge in [0.05, 0.1) is 11.1 Å². The third kappa shape index (κ3) is 2.57. The lowest BCUT2D eigenvalue weighted by molar-refractivity contribution is -0.137. The minimum Gasteiger partial charge on any atom is -0.329 e. The van der Waals surface area contributed by atoms with Crippen LogP contribution in [0.15, 0.2) is 41.3 Å². The Morgan fingerprint density at radius 1 is 1.05 bits per heavy atom. The lowest BCUT2D eigenvalue weighted by Crippen LogP contribution is -2.11. The zero-order valence-corrected chi connectivity index (χ0v) is 9.49. The lowest BCUT2D eigenvalue weighted by atomic mass is 10.0. The van der Waals surface area contributed by atoms with Crippen molar-refractivity contribution in [3.8, 4) is 11.1 Å². The third-order valence-electron chi connectivity index (χ3n) is 2.62. The van der Waals surface area contributed by atoms with Crippen LogP contribution in [-0.4, -0.2) is 11.3 Å². The summed E-state index contributed by atoms with van der Waals surface area (Å²) in [6.45, 7) is 0. The maximum absolute atomic E-state index is 12.4. The molecule has 0 aliphatic heterocycles. The number of rotatable bonds is 2. The molecule has 1 N–H and O–H groups in total. The molecular formula is C13H8F3NO2. The molecule has 0 unspecified atom stereocenters. The normalized spacial score (nSPS) is 11.3. The molecule has 0 saturated carbocycles. The highest BCUT2D eigenvalue weighted by atomic mass is 19.4. The van der Waals surface area contributed by atoms with Gasteiger partial charge in [0.15, 0.2) is 6.29 Å². The predicted octanol–water partition coefficient (Wildman–Crippen LogP) is 2.87. The van der Waals surface area contributed by atoms with E-state index in [1.54, 1.807) is 0 Å². The standard InChI is InChI=1S/C13H8F3NO2/c14-13(15,16)10-3-1-8(2-4-10)11-9(7-18)5-6-17-12(11)19/h1-7H,(H,17,19). The minimum atomic E-state index is -4.44. The smallest absolute Gasteiger partial charge is 0.329 e. The molecule has 0 aliphatic carbocycles. The SMILES string of the molecule is O=Cc1cc[nH]c(=O)c1-c1ccc(C(F)(F)F)cc1. The average molecular weight is 267 g/mol. The molecule has 1 aromatic heterocycles. The molecule has 98 valence electrons. The number of aromatic nitrogens is 1. The predicted molar refractivity (Wildman–Crippen MR) is 62.9 cm³/mol. The molecule has 1 heterocycles. The molecular weight excluding hydrogens is 259 g/mol. The van der Waals surface area contributed by atoms with E-state index >= 15 is 0 Å². The van der Waals surface area contributed by atoms with Crippen LogP contribution in [0.5, 0.6) is 0 Å². The number of aldehydes is 1. The van der Waals surface area contributed by atoms with Crippen molar-refractivity contribution in [3.63, 3.8) is 0 Å². The first-order chi connectivity index (χ1) is 8.93. The first-order valence-electron chi connectivity index (χ1n) is 5.28. The van der Waals surface area contributed by atoms with Crippen LogP contribution in [0.1, 0.15) is 15.9 Å². The van der Waals surface area contributed by atoms with Crippen LogP contribution >= 0.6 is 0 Å². The van der Waals surface area contributed by atoms with Crippen LogP contribution in [0, 0.1) is 0 Å². The van der Waals surface area contributed by atoms with Crippen molar-refractivity contribution < 1.29 is 18.0 Å². The van der Waals surface area contributed by atoms with E-state index in [9.17, 15) is 22.8 Å². The first-order valence-corrected chi connectivity index (χ1v) is 5.28. The Morgan fingerprint density at radius 2 is 1.68 bits per heavy atom. The molecule has 0 bridgehead atoms. The Labute approximate surface area is 105 Å². The minimum absolute atomic E-state index is 0.0613. The Balaban J connectivity index is 2.55. The van der Waals surface area contributed by atoms with Crippen LogP contribution in [-0.2, 0) is 6.18 Å². The van der Waals surface area contributed by atoms with Gasteiger partial charge in [0, 0.05) is 11.8 Å². The zero-order valence-electron chi connectivity index (χ0n) is 9.49. The summed E-state index contributed by atoms with van der Waals surface area (Å²) in [6, 6.07) is 5.47. The molecule has 0 aliphatic rings. The summed E-state index contributed by atoms with van der Waals surface area (Å²) in [7, 11) is 0. The van der Waals surface area contributed by atoms with E-state index < -0.39 is 17.3 Å². The fourth-order valence-electron chi connectivity index (χ4n) is 1.72. The number of carbonyl (C=O) groups excluding carboxylic acids is 1. The molecule has 0 fully saturated rings. The Hall–Kier alpha value is -2.37. The molecule has 2 rings (SSSR count). The van der Waals surface area contributed by atoms with Gasteiger partial charge in [0.25, 0.3) is 5.56 Å². The maximum Gasteiger partial charge on any atom is 0.416 e. The van der Waals surface area contributed by atoms with E-state index in [1.165, 1.54) is 24.4 Å². The second-order valence-corrected chi connectivity index (χ2v) is 3.83. The van der Waals surface area contributed by atoms with Crippen LogP contribution < -0.4 is 5.56 Å². The summed E-state index contributed by atoms with van der Waals surface area (Å²) in [4.78, 5) is 24.9. The van der Waals surface area contributed by atoms with Crippen molar-refractivity contribution >= 4 is 6.29 Å². The monoisotopic (exact) mass is 267 g/mol.